The van der Waals surface area contributed by atoms with Crippen LogP contribution in [0.15, 0.2) is 15.8 Å². The van der Waals surface area contributed by atoms with Gasteiger partial charge in [-0.25, -0.2) is 4.79 Å². The highest BCUT2D eigenvalue weighted by molar-refractivity contribution is 7.53. The topological polar surface area (TPSA) is 99.6 Å². The van der Waals surface area contributed by atoms with Gasteiger partial charge in [0.15, 0.2) is 0 Å². The molecule has 136 valence electrons. The van der Waals surface area contributed by atoms with Crippen LogP contribution in [0, 0.1) is 6.92 Å². The Morgan fingerprint density at radius 3 is 2.54 bits per heavy atom. The predicted octanol–water partition coefficient (Wildman–Crippen LogP) is 2.18. The first-order chi connectivity index (χ1) is 11.4. The standard InChI is InChI=1S/C15H25N2O6P/c1-4-22-24(20,23-5-2)10-21-13-7-6-12(8-13)17-9-11(3)14(18)16-15(17)19/h9,12-13H,4-8,10H2,1-3H3,(H,16,18,19)/t12?,13-/m1/s1. The van der Waals surface area contributed by atoms with Gasteiger partial charge in [-0.2, -0.15) is 0 Å². The molecule has 1 fully saturated rings. The number of hydrogen-bond acceptors (Lipinski definition) is 6. The van der Waals surface area contributed by atoms with Crippen molar-refractivity contribution in [3.8, 4) is 0 Å². The molecule has 9 heteroatoms. The molecule has 1 aliphatic carbocycles. The third-order valence-corrected chi connectivity index (χ3v) is 5.78. The first-order valence-corrected chi connectivity index (χ1v) is 9.93. The van der Waals surface area contributed by atoms with Crippen LogP contribution >= 0.6 is 7.60 Å². The summed E-state index contributed by atoms with van der Waals surface area (Å²) in [7, 11) is -3.23. The largest absolute Gasteiger partial charge is 0.365 e. The molecule has 0 bridgehead atoms. The Kier molecular flexibility index (Phi) is 6.57. The second-order valence-electron chi connectivity index (χ2n) is 5.81. The van der Waals surface area contributed by atoms with Gasteiger partial charge in [0.25, 0.3) is 5.56 Å². The maximum atomic E-state index is 12.4. The predicted molar refractivity (Wildman–Crippen MR) is 89.5 cm³/mol. The van der Waals surface area contributed by atoms with Crippen molar-refractivity contribution in [2.75, 3.05) is 19.6 Å². The van der Waals surface area contributed by atoms with E-state index in [0.29, 0.717) is 25.2 Å². The van der Waals surface area contributed by atoms with E-state index in [1.54, 1.807) is 31.5 Å². The van der Waals surface area contributed by atoms with E-state index in [2.05, 4.69) is 4.98 Å². The van der Waals surface area contributed by atoms with Gasteiger partial charge in [0.05, 0.1) is 19.3 Å². The van der Waals surface area contributed by atoms with E-state index in [1.165, 1.54) is 0 Å². The number of aromatic nitrogens is 2. The second-order valence-corrected chi connectivity index (χ2v) is 7.81. The quantitative estimate of drug-likeness (QED) is 0.713. The third kappa shape index (κ3) is 4.66. The van der Waals surface area contributed by atoms with Crippen LogP contribution in [0.25, 0.3) is 0 Å². The van der Waals surface area contributed by atoms with E-state index in [-0.39, 0.29) is 24.1 Å². The Labute approximate surface area is 140 Å². The minimum absolute atomic E-state index is 0.0448. The van der Waals surface area contributed by atoms with Crippen LogP contribution in [-0.2, 0) is 18.3 Å². The van der Waals surface area contributed by atoms with Gasteiger partial charge in [0, 0.05) is 17.8 Å². The van der Waals surface area contributed by atoms with E-state index < -0.39 is 13.3 Å². The zero-order valence-electron chi connectivity index (χ0n) is 14.3. The molecule has 2 rings (SSSR count). The highest BCUT2D eigenvalue weighted by Crippen LogP contribution is 2.48. The summed E-state index contributed by atoms with van der Waals surface area (Å²) in [5.41, 5.74) is -0.280. The fraction of sp³-hybridized carbons (Fsp3) is 0.733. The Balaban J connectivity index is 1.98. The lowest BCUT2D eigenvalue weighted by molar-refractivity contribution is 0.0681. The normalized spacial score (nSPS) is 21.3. The molecule has 1 saturated carbocycles. The van der Waals surface area contributed by atoms with Crippen molar-refractivity contribution < 1.29 is 18.3 Å². The van der Waals surface area contributed by atoms with Gasteiger partial charge < -0.3 is 13.8 Å². The number of nitrogens with zero attached hydrogens (tertiary/aromatic N) is 1. The van der Waals surface area contributed by atoms with Crippen molar-refractivity contribution in [2.45, 2.75) is 52.2 Å². The van der Waals surface area contributed by atoms with Crippen LogP contribution < -0.4 is 11.2 Å². The minimum atomic E-state index is -3.23. The van der Waals surface area contributed by atoms with E-state index in [0.717, 1.165) is 12.8 Å². The molecule has 1 aliphatic rings. The lowest BCUT2D eigenvalue weighted by Gasteiger charge is -2.20. The molecule has 0 amide bonds. The molecule has 1 aromatic rings. The molecule has 8 nitrogen and oxygen atoms in total. The van der Waals surface area contributed by atoms with E-state index in [9.17, 15) is 14.2 Å². The van der Waals surface area contributed by atoms with Gasteiger partial charge in [0.1, 0.15) is 6.35 Å². The number of aryl methyl sites for hydroxylation is 1. The first-order valence-electron chi connectivity index (χ1n) is 8.20. The summed E-state index contributed by atoms with van der Waals surface area (Å²) in [5, 5.41) is 0. The molecule has 0 aliphatic heterocycles. The van der Waals surface area contributed by atoms with Gasteiger partial charge in [-0.05, 0) is 40.0 Å². The summed E-state index contributed by atoms with van der Waals surface area (Å²) in [5.74, 6) is 0. The van der Waals surface area contributed by atoms with Crippen molar-refractivity contribution in [3.63, 3.8) is 0 Å². The molecule has 0 aromatic carbocycles. The third-order valence-electron chi connectivity index (χ3n) is 4.02. The Morgan fingerprint density at radius 2 is 1.92 bits per heavy atom. The van der Waals surface area contributed by atoms with Crippen LogP contribution in [0.1, 0.15) is 44.7 Å². The molecular formula is C15H25N2O6P. The van der Waals surface area contributed by atoms with Crippen molar-refractivity contribution in [1.29, 1.82) is 0 Å². The summed E-state index contributed by atoms with van der Waals surface area (Å²) < 4.78 is 30.1. The molecule has 0 radical (unpaired) electrons. The Bertz CT molecular complexity index is 703. The van der Waals surface area contributed by atoms with Gasteiger partial charge in [-0.15, -0.1) is 0 Å². The van der Waals surface area contributed by atoms with Crippen molar-refractivity contribution >= 4 is 7.60 Å². The highest BCUT2D eigenvalue weighted by atomic mass is 31.2. The zero-order valence-corrected chi connectivity index (χ0v) is 15.2. The number of hydrogen-bond donors (Lipinski definition) is 1. The zero-order chi connectivity index (χ0) is 17.7. The maximum Gasteiger partial charge on any atom is 0.356 e. The number of aromatic amines is 1. The lowest BCUT2D eigenvalue weighted by atomic mass is 10.2. The Morgan fingerprint density at radius 1 is 1.25 bits per heavy atom. The fourth-order valence-electron chi connectivity index (χ4n) is 2.88. The van der Waals surface area contributed by atoms with E-state index in [4.69, 9.17) is 13.8 Å². The van der Waals surface area contributed by atoms with Crippen molar-refractivity contribution in [2.24, 2.45) is 0 Å². The van der Waals surface area contributed by atoms with E-state index >= 15 is 0 Å². The number of H-pyrrole nitrogens is 1. The summed E-state index contributed by atoms with van der Waals surface area (Å²) in [6, 6.07) is -0.0448. The molecule has 1 N–H and O–H groups in total. The number of ether oxygens (including phenoxy) is 1. The van der Waals surface area contributed by atoms with Crippen LogP contribution in [0.5, 0.6) is 0 Å². The Hall–Kier alpha value is -1.21. The SMILES string of the molecule is CCOP(=O)(CO[C@@H]1CCC(n2cc(C)c(=O)[nH]c2=O)C1)OCC. The van der Waals surface area contributed by atoms with Gasteiger partial charge in [0.2, 0.25) is 0 Å². The fourth-order valence-corrected chi connectivity index (χ4v) is 4.28. The van der Waals surface area contributed by atoms with Crippen molar-refractivity contribution in [3.05, 3.63) is 32.6 Å². The molecule has 2 atom stereocenters. The van der Waals surface area contributed by atoms with Crippen LogP contribution in [-0.4, -0.2) is 35.2 Å². The van der Waals surface area contributed by atoms with Crippen LogP contribution in [0.2, 0.25) is 0 Å². The average molecular weight is 360 g/mol. The smallest absolute Gasteiger partial charge is 0.356 e. The number of rotatable bonds is 8. The summed E-state index contributed by atoms with van der Waals surface area (Å²) in [6.07, 6.45) is 3.48. The van der Waals surface area contributed by atoms with Crippen LogP contribution in [0.3, 0.4) is 0 Å². The summed E-state index contributed by atoms with van der Waals surface area (Å²) in [4.78, 5) is 25.7. The molecule has 1 unspecified atom stereocenters. The van der Waals surface area contributed by atoms with Gasteiger partial charge in [-0.1, -0.05) is 0 Å². The lowest BCUT2D eigenvalue weighted by Crippen LogP contribution is -2.32. The number of nitrogens with one attached hydrogen (secondary N) is 1. The second kappa shape index (κ2) is 8.25. The molecule has 1 heterocycles. The first kappa shape index (κ1) is 19.1. The monoisotopic (exact) mass is 360 g/mol. The molecular weight excluding hydrogens is 335 g/mol. The minimum Gasteiger partial charge on any atom is -0.365 e. The summed E-state index contributed by atoms with van der Waals surface area (Å²) in [6.45, 7) is 5.75. The van der Waals surface area contributed by atoms with Crippen LogP contribution in [0.4, 0.5) is 0 Å². The average Bonchev–Trinajstić information content (AvgIpc) is 2.98. The van der Waals surface area contributed by atoms with Gasteiger partial charge in [-0.3, -0.25) is 18.9 Å². The maximum absolute atomic E-state index is 12.4. The van der Waals surface area contributed by atoms with E-state index in [1.807, 2.05) is 0 Å². The summed E-state index contributed by atoms with van der Waals surface area (Å²) >= 11 is 0. The van der Waals surface area contributed by atoms with Crippen molar-refractivity contribution in [1.82, 2.24) is 9.55 Å². The molecule has 0 saturated heterocycles. The molecule has 24 heavy (non-hydrogen) atoms. The molecule has 0 spiro atoms. The highest BCUT2D eigenvalue weighted by Gasteiger charge is 2.31. The molecule has 1 aromatic heterocycles. The van der Waals surface area contributed by atoms with Gasteiger partial charge >= 0.3 is 13.3 Å².